The number of benzene rings is 1. The molecule has 3 rings (SSSR count). The maximum Gasteiger partial charge on any atom is 0.0743 e. The minimum atomic E-state index is 0.731. The molecule has 102 valence electrons. The smallest absolute Gasteiger partial charge is 0.0743 e. The molecule has 0 radical (unpaired) electrons. The van der Waals surface area contributed by atoms with Crippen LogP contribution in [0.25, 0.3) is 10.9 Å². The van der Waals surface area contributed by atoms with Crippen LogP contribution in [0.2, 0.25) is 0 Å². The molecule has 0 amide bonds. The molecule has 5 heteroatoms. The number of nitrogens with two attached hydrogens (primary N) is 1. The number of nitrogens with zero attached hydrogens (tertiary/aromatic N) is 3. The fraction of sp³-hybridized carbons (Fsp3) is 0.200. The molecule has 0 aliphatic rings. The van der Waals surface area contributed by atoms with Gasteiger partial charge in [-0.05, 0) is 36.8 Å². The van der Waals surface area contributed by atoms with Crippen molar-refractivity contribution in [3.63, 3.8) is 0 Å². The van der Waals surface area contributed by atoms with Crippen molar-refractivity contribution in [2.75, 3.05) is 17.6 Å². The average molecular weight is 267 g/mol. The van der Waals surface area contributed by atoms with Crippen LogP contribution >= 0.6 is 0 Å². The number of nitrogen functional groups attached to an aromatic ring is 1. The topological polar surface area (TPSA) is 68.8 Å². The summed E-state index contributed by atoms with van der Waals surface area (Å²) in [6.07, 6.45) is 5.69. The lowest BCUT2D eigenvalue weighted by Gasteiger charge is -2.09. The summed E-state index contributed by atoms with van der Waals surface area (Å²) in [5, 5.41) is 8.77. The number of nitrogens with one attached hydrogen (secondary N) is 1. The van der Waals surface area contributed by atoms with Crippen LogP contribution in [0.4, 0.5) is 11.4 Å². The Labute approximate surface area is 117 Å². The molecule has 0 aliphatic heterocycles. The van der Waals surface area contributed by atoms with Crippen molar-refractivity contribution in [1.29, 1.82) is 0 Å². The quantitative estimate of drug-likeness (QED) is 0.712. The molecular weight excluding hydrogens is 250 g/mol. The minimum Gasteiger partial charge on any atom is -0.399 e. The first kappa shape index (κ1) is 12.5. The van der Waals surface area contributed by atoms with E-state index in [1.807, 2.05) is 48.3 Å². The van der Waals surface area contributed by atoms with Crippen LogP contribution in [0, 0.1) is 6.92 Å². The van der Waals surface area contributed by atoms with Crippen molar-refractivity contribution >= 4 is 22.3 Å². The summed E-state index contributed by atoms with van der Waals surface area (Å²) in [5.74, 6) is 0. The zero-order chi connectivity index (χ0) is 13.9. The largest absolute Gasteiger partial charge is 0.399 e. The van der Waals surface area contributed by atoms with E-state index in [9.17, 15) is 0 Å². The molecule has 0 fully saturated rings. The first-order chi connectivity index (χ1) is 9.72. The maximum atomic E-state index is 5.78. The molecule has 1 aromatic carbocycles. The molecule has 0 spiro atoms. The summed E-state index contributed by atoms with van der Waals surface area (Å²) in [5.41, 5.74) is 9.66. The van der Waals surface area contributed by atoms with Crippen LogP contribution in [0.15, 0.2) is 42.9 Å². The van der Waals surface area contributed by atoms with Crippen LogP contribution in [-0.2, 0) is 6.54 Å². The number of aromatic nitrogens is 3. The maximum absolute atomic E-state index is 5.78. The van der Waals surface area contributed by atoms with Gasteiger partial charge in [-0.15, -0.1) is 0 Å². The number of hydrogen-bond acceptors (Lipinski definition) is 4. The van der Waals surface area contributed by atoms with Gasteiger partial charge in [0.25, 0.3) is 0 Å². The number of rotatable bonds is 4. The number of aryl methyl sites for hydroxylation is 1. The van der Waals surface area contributed by atoms with Gasteiger partial charge in [0.15, 0.2) is 0 Å². The van der Waals surface area contributed by atoms with Crippen molar-refractivity contribution < 1.29 is 0 Å². The van der Waals surface area contributed by atoms with Crippen LogP contribution in [0.1, 0.15) is 5.56 Å². The number of pyridine rings is 1. The van der Waals surface area contributed by atoms with E-state index in [-0.39, 0.29) is 0 Å². The lowest BCUT2D eigenvalue weighted by Crippen LogP contribution is -2.11. The van der Waals surface area contributed by atoms with E-state index < -0.39 is 0 Å². The third-order valence-electron chi connectivity index (χ3n) is 3.19. The van der Waals surface area contributed by atoms with E-state index in [4.69, 9.17) is 5.73 Å². The molecule has 2 heterocycles. The second kappa shape index (κ2) is 5.21. The fourth-order valence-corrected chi connectivity index (χ4v) is 2.21. The summed E-state index contributed by atoms with van der Waals surface area (Å²) >= 11 is 0. The van der Waals surface area contributed by atoms with Gasteiger partial charge in [-0.2, -0.15) is 5.10 Å². The number of hydrogen-bond donors (Lipinski definition) is 2. The van der Waals surface area contributed by atoms with Gasteiger partial charge in [0, 0.05) is 35.7 Å². The predicted molar refractivity (Wildman–Crippen MR) is 81.6 cm³/mol. The Hall–Kier alpha value is -2.56. The van der Waals surface area contributed by atoms with Crippen molar-refractivity contribution in [1.82, 2.24) is 14.8 Å². The summed E-state index contributed by atoms with van der Waals surface area (Å²) in [4.78, 5) is 4.33. The molecule has 3 N–H and O–H groups in total. The molecule has 2 aromatic heterocycles. The molecule has 5 nitrogen and oxygen atoms in total. The zero-order valence-electron chi connectivity index (χ0n) is 11.4. The molecule has 0 atom stereocenters. The highest BCUT2D eigenvalue weighted by molar-refractivity contribution is 5.92. The molecule has 0 saturated heterocycles. The Morgan fingerprint density at radius 2 is 2.20 bits per heavy atom. The van der Waals surface area contributed by atoms with E-state index in [0.717, 1.165) is 35.4 Å². The van der Waals surface area contributed by atoms with E-state index >= 15 is 0 Å². The lowest BCUT2D eigenvalue weighted by molar-refractivity contribution is 0.638. The van der Waals surface area contributed by atoms with Gasteiger partial charge < -0.3 is 11.1 Å². The van der Waals surface area contributed by atoms with Gasteiger partial charge in [-0.3, -0.25) is 9.67 Å². The van der Waals surface area contributed by atoms with Gasteiger partial charge in [-0.1, -0.05) is 0 Å². The highest BCUT2D eigenvalue weighted by Gasteiger charge is 2.02. The van der Waals surface area contributed by atoms with Crippen LogP contribution in [0.5, 0.6) is 0 Å². The summed E-state index contributed by atoms with van der Waals surface area (Å²) < 4.78 is 1.93. The number of fused-ring (bicyclic) bond motifs is 1. The van der Waals surface area contributed by atoms with E-state index in [0.29, 0.717) is 0 Å². The van der Waals surface area contributed by atoms with Gasteiger partial charge in [0.05, 0.1) is 18.3 Å². The van der Waals surface area contributed by atoms with E-state index in [1.54, 1.807) is 6.20 Å². The normalized spacial score (nSPS) is 10.8. The standard InChI is InChI=1S/C15H17N5/c1-11-9-19-20(10-11)7-6-18-14-4-5-17-15-8-12(16)2-3-13(14)15/h2-5,8-10H,6-7,16H2,1H3,(H,17,18). The van der Waals surface area contributed by atoms with Crippen molar-refractivity contribution in [3.8, 4) is 0 Å². The Morgan fingerprint density at radius 3 is 3.00 bits per heavy atom. The van der Waals surface area contributed by atoms with E-state index in [1.165, 1.54) is 5.56 Å². The van der Waals surface area contributed by atoms with Crippen molar-refractivity contribution in [2.45, 2.75) is 13.5 Å². The third-order valence-corrected chi connectivity index (χ3v) is 3.19. The summed E-state index contributed by atoms with van der Waals surface area (Å²) in [6.45, 7) is 3.68. The molecule has 0 unspecified atom stereocenters. The van der Waals surface area contributed by atoms with Gasteiger partial charge in [-0.25, -0.2) is 0 Å². The average Bonchev–Trinajstić information content (AvgIpc) is 2.84. The predicted octanol–water partition coefficient (Wildman–Crippen LogP) is 2.43. The van der Waals surface area contributed by atoms with Crippen molar-refractivity contribution in [3.05, 3.63) is 48.4 Å². The third kappa shape index (κ3) is 2.56. The molecule has 0 bridgehead atoms. The van der Waals surface area contributed by atoms with Crippen molar-refractivity contribution in [2.24, 2.45) is 0 Å². The van der Waals surface area contributed by atoms with E-state index in [2.05, 4.69) is 15.4 Å². The van der Waals surface area contributed by atoms with Crippen LogP contribution in [0.3, 0.4) is 0 Å². The molecule has 20 heavy (non-hydrogen) atoms. The van der Waals surface area contributed by atoms with Crippen LogP contribution < -0.4 is 11.1 Å². The Balaban J connectivity index is 1.74. The van der Waals surface area contributed by atoms with Gasteiger partial charge >= 0.3 is 0 Å². The first-order valence-electron chi connectivity index (χ1n) is 6.59. The Bertz CT molecular complexity index is 732. The number of anilines is 2. The molecule has 0 aliphatic carbocycles. The van der Waals surface area contributed by atoms with Gasteiger partial charge in [0.2, 0.25) is 0 Å². The van der Waals surface area contributed by atoms with Crippen LogP contribution in [-0.4, -0.2) is 21.3 Å². The second-order valence-electron chi connectivity index (χ2n) is 4.84. The first-order valence-corrected chi connectivity index (χ1v) is 6.59. The summed E-state index contributed by atoms with van der Waals surface area (Å²) in [7, 11) is 0. The Morgan fingerprint density at radius 1 is 1.30 bits per heavy atom. The fourth-order valence-electron chi connectivity index (χ4n) is 2.21. The minimum absolute atomic E-state index is 0.731. The highest BCUT2D eigenvalue weighted by Crippen LogP contribution is 2.23. The van der Waals surface area contributed by atoms with Gasteiger partial charge in [0.1, 0.15) is 0 Å². The molecular formula is C15H17N5. The lowest BCUT2D eigenvalue weighted by atomic mass is 10.1. The molecule has 3 aromatic rings. The second-order valence-corrected chi connectivity index (χ2v) is 4.84. The molecule has 0 saturated carbocycles. The zero-order valence-corrected chi connectivity index (χ0v) is 11.4. The summed E-state index contributed by atoms with van der Waals surface area (Å²) in [6, 6.07) is 7.76. The highest BCUT2D eigenvalue weighted by atomic mass is 15.3. The Kier molecular flexibility index (Phi) is 3.25. The monoisotopic (exact) mass is 267 g/mol. The SMILES string of the molecule is Cc1cnn(CCNc2ccnc3cc(N)ccc23)c1.